The average molecular weight is 241 g/mol. The van der Waals surface area contributed by atoms with Crippen molar-refractivity contribution in [3.63, 3.8) is 0 Å². The van der Waals surface area contributed by atoms with Gasteiger partial charge in [0.15, 0.2) is 5.13 Å². The summed E-state index contributed by atoms with van der Waals surface area (Å²) in [4.78, 5) is 8.12. The Hall–Kier alpha value is -0.650. The number of nitrogens with zero attached hydrogens (tertiary/aromatic N) is 2. The standard InChI is InChI=1S/C11H19N3OS/c1-8-7-15-9(2)6-14(8)11-13-5-10(16-11)4-12-3/h5,8-9,12H,4,6-7H2,1-3H3. The molecule has 1 N–H and O–H groups in total. The molecule has 2 rings (SSSR count). The minimum atomic E-state index is 0.299. The van der Waals surface area contributed by atoms with Crippen LogP contribution in [0.25, 0.3) is 0 Å². The zero-order valence-electron chi connectivity index (χ0n) is 10.1. The highest BCUT2D eigenvalue weighted by Crippen LogP contribution is 2.26. The van der Waals surface area contributed by atoms with E-state index in [4.69, 9.17) is 4.74 Å². The van der Waals surface area contributed by atoms with E-state index in [0.29, 0.717) is 12.1 Å². The number of hydrogen-bond acceptors (Lipinski definition) is 5. The van der Waals surface area contributed by atoms with Crippen LogP contribution < -0.4 is 10.2 Å². The van der Waals surface area contributed by atoms with Crippen molar-refractivity contribution >= 4 is 16.5 Å². The van der Waals surface area contributed by atoms with Crippen molar-refractivity contribution in [3.05, 3.63) is 11.1 Å². The lowest BCUT2D eigenvalue weighted by molar-refractivity contribution is 0.0343. The second kappa shape index (κ2) is 5.12. The third-order valence-electron chi connectivity index (χ3n) is 2.75. The van der Waals surface area contributed by atoms with Gasteiger partial charge < -0.3 is 15.0 Å². The van der Waals surface area contributed by atoms with Crippen LogP contribution >= 0.6 is 11.3 Å². The second-order valence-electron chi connectivity index (χ2n) is 4.28. The van der Waals surface area contributed by atoms with Gasteiger partial charge in [-0.1, -0.05) is 0 Å². The molecule has 5 heteroatoms. The van der Waals surface area contributed by atoms with Crippen molar-refractivity contribution in [2.24, 2.45) is 0 Å². The van der Waals surface area contributed by atoms with E-state index in [-0.39, 0.29) is 0 Å². The molecule has 16 heavy (non-hydrogen) atoms. The lowest BCUT2D eigenvalue weighted by Gasteiger charge is -2.36. The maximum Gasteiger partial charge on any atom is 0.185 e. The summed E-state index contributed by atoms with van der Waals surface area (Å²) in [5, 5.41) is 4.27. The lowest BCUT2D eigenvalue weighted by Crippen LogP contribution is -2.47. The Kier molecular flexibility index (Phi) is 3.78. The number of thiazole rings is 1. The predicted molar refractivity (Wildman–Crippen MR) is 67.1 cm³/mol. The van der Waals surface area contributed by atoms with Gasteiger partial charge in [0.2, 0.25) is 0 Å². The fourth-order valence-electron chi connectivity index (χ4n) is 1.86. The highest BCUT2D eigenvalue weighted by molar-refractivity contribution is 7.15. The summed E-state index contributed by atoms with van der Waals surface area (Å²) in [5.41, 5.74) is 0. The highest BCUT2D eigenvalue weighted by Gasteiger charge is 2.25. The van der Waals surface area contributed by atoms with Crippen LogP contribution in [0.4, 0.5) is 5.13 Å². The summed E-state index contributed by atoms with van der Waals surface area (Å²) in [5.74, 6) is 0. The monoisotopic (exact) mass is 241 g/mol. The fourth-order valence-corrected chi connectivity index (χ4v) is 2.89. The number of anilines is 1. The molecule has 0 bridgehead atoms. The SMILES string of the molecule is CNCc1cnc(N2CC(C)OCC2C)s1. The van der Waals surface area contributed by atoms with Gasteiger partial charge in [-0.3, -0.25) is 0 Å². The Morgan fingerprint density at radius 1 is 1.62 bits per heavy atom. The second-order valence-corrected chi connectivity index (χ2v) is 5.38. The first-order valence-corrected chi connectivity index (χ1v) is 6.50. The van der Waals surface area contributed by atoms with Gasteiger partial charge >= 0.3 is 0 Å². The minimum Gasteiger partial charge on any atom is -0.375 e. The molecule has 1 aliphatic heterocycles. The zero-order chi connectivity index (χ0) is 11.5. The Balaban J connectivity index is 2.08. The quantitative estimate of drug-likeness (QED) is 0.869. The molecule has 0 aromatic carbocycles. The van der Waals surface area contributed by atoms with Crippen molar-refractivity contribution in [1.29, 1.82) is 0 Å². The summed E-state index contributed by atoms with van der Waals surface area (Å²) < 4.78 is 5.62. The molecule has 0 spiro atoms. The molecule has 1 fully saturated rings. The number of ether oxygens (including phenoxy) is 1. The van der Waals surface area contributed by atoms with Crippen LogP contribution in [0.1, 0.15) is 18.7 Å². The smallest absolute Gasteiger partial charge is 0.185 e. The van der Waals surface area contributed by atoms with Gasteiger partial charge in [0.1, 0.15) is 0 Å². The Labute approximate surface area is 101 Å². The average Bonchev–Trinajstić information content (AvgIpc) is 2.71. The summed E-state index contributed by atoms with van der Waals surface area (Å²) in [7, 11) is 1.96. The number of hydrogen-bond donors (Lipinski definition) is 1. The molecule has 1 aliphatic rings. The molecule has 2 heterocycles. The van der Waals surface area contributed by atoms with Crippen LogP contribution in [0.2, 0.25) is 0 Å². The first-order chi connectivity index (χ1) is 7.70. The molecule has 1 aromatic rings. The Bertz CT molecular complexity index is 342. The van der Waals surface area contributed by atoms with Crippen molar-refractivity contribution in [2.75, 3.05) is 25.1 Å². The molecule has 1 saturated heterocycles. The van der Waals surface area contributed by atoms with Crippen LogP contribution in [-0.4, -0.2) is 37.3 Å². The lowest BCUT2D eigenvalue weighted by atomic mass is 10.2. The molecule has 0 amide bonds. The molecule has 4 nitrogen and oxygen atoms in total. The summed E-state index contributed by atoms with van der Waals surface area (Å²) >= 11 is 1.77. The summed E-state index contributed by atoms with van der Waals surface area (Å²) in [6, 6.07) is 0.421. The first kappa shape index (κ1) is 11.8. The van der Waals surface area contributed by atoms with Crippen molar-refractivity contribution < 1.29 is 4.74 Å². The van der Waals surface area contributed by atoms with Crippen molar-refractivity contribution in [3.8, 4) is 0 Å². The molecule has 0 radical (unpaired) electrons. The van der Waals surface area contributed by atoms with Crippen molar-refractivity contribution in [1.82, 2.24) is 10.3 Å². The molecule has 90 valence electrons. The number of morpholine rings is 1. The van der Waals surface area contributed by atoms with Gasteiger partial charge in [-0.25, -0.2) is 4.98 Å². The molecule has 0 saturated carbocycles. The van der Waals surface area contributed by atoms with Gasteiger partial charge in [-0.2, -0.15) is 0 Å². The van der Waals surface area contributed by atoms with Crippen LogP contribution in [0, 0.1) is 0 Å². The van der Waals surface area contributed by atoms with Crippen LogP contribution in [0.15, 0.2) is 6.20 Å². The third-order valence-corrected chi connectivity index (χ3v) is 3.78. The summed E-state index contributed by atoms with van der Waals surface area (Å²) in [6.45, 7) is 6.92. The van der Waals surface area contributed by atoms with E-state index in [1.165, 1.54) is 4.88 Å². The van der Waals surface area contributed by atoms with Gasteiger partial charge in [-0.05, 0) is 20.9 Å². The van der Waals surface area contributed by atoms with E-state index in [0.717, 1.165) is 24.8 Å². The third kappa shape index (κ3) is 2.53. The van der Waals surface area contributed by atoms with E-state index in [1.807, 2.05) is 13.2 Å². The number of aromatic nitrogens is 1. The largest absolute Gasteiger partial charge is 0.375 e. The van der Waals surface area contributed by atoms with Crippen LogP contribution in [0.5, 0.6) is 0 Å². The van der Waals surface area contributed by atoms with Crippen LogP contribution in [0.3, 0.4) is 0 Å². The highest BCUT2D eigenvalue weighted by atomic mass is 32.1. The predicted octanol–water partition coefficient (Wildman–Crippen LogP) is 1.48. The molecular formula is C11H19N3OS. The zero-order valence-corrected chi connectivity index (χ0v) is 10.9. The van der Waals surface area contributed by atoms with E-state index < -0.39 is 0 Å². The molecular weight excluding hydrogens is 222 g/mol. The van der Waals surface area contributed by atoms with Gasteiger partial charge in [0, 0.05) is 24.2 Å². The number of rotatable bonds is 3. The first-order valence-electron chi connectivity index (χ1n) is 5.68. The molecule has 2 atom stereocenters. The van der Waals surface area contributed by atoms with Gasteiger partial charge in [0.25, 0.3) is 0 Å². The van der Waals surface area contributed by atoms with Gasteiger partial charge in [0.05, 0.1) is 18.8 Å². The van der Waals surface area contributed by atoms with E-state index >= 15 is 0 Å². The van der Waals surface area contributed by atoms with Crippen LogP contribution in [-0.2, 0) is 11.3 Å². The fraction of sp³-hybridized carbons (Fsp3) is 0.727. The summed E-state index contributed by atoms with van der Waals surface area (Å²) in [6.07, 6.45) is 2.26. The minimum absolute atomic E-state index is 0.299. The maximum atomic E-state index is 5.62. The molecule has 2 unspecified atom stereocenters. The van der Waals surface area contributed by atoms with Crippen molar-refractivity contribution in [2.45, 2.75) is 32.5 Å². The Morgan fingerprint density at radius 3 is 3.19 bits per heavy atom. The Morgan fingerprint density at radius 2 is 2.44 bits per heavy atom. The molecule has 1 aromatic heterocycles. The van der Waals surface area contributed by atoms with E-state index in [9.17, 15) is 0 Å². The maximum absolute atomic E-state index is 5.62. The normalized spacial score (nSPS) is 26.1. The number of nitrogens with one attached hydrogen (secondary N) is 1. The van der Waals surface area contributed by atoms with Gasteiger partial charge in [-0.15, -0.1) is 11.3 Å². The molecule has 0 aliphatic carbocycles. The van der Waals surface area contributed by atoms with E-state index in [2.05, 4.69) is 29.0 Å². The topological polar surface area (TPSA) is 37.4 Å². The van der Waals surface area contributed by atoms with E-state index in [1.54, 1.807) is 11.3 Å².